The third kappa shape index (κ3) is 5.16. The molecule has 9 heteroatoms. The van der Waals surface area contributed by atoms with E-state index in [9.17, 15) is 14.4 Å². The molecular formula is C23H26N2O6S. The predicted octanol–water partition coefficient (Wildman–Crippen LogP) is 3.90. The molecule has 32 heavy (non-hydrogen) atoms. The number of thiophene rings is 1. The number of para-hydroxylation sites is 1. The van der Waals surface area contributed by atoms with Gasteiger partial charge in [0.05, 0.1) is 17.8 Å². The summed E-state index contributed by atoms with van der Waals surface area (Å²) in [5.74, 6) is -0.363. The van der Waals surface area contributed by atoms with E-state index < -0.39 is 23.5 Å². The molecule has 0 amide bonds. The van der Waals surface area contributed by atoms with Crippen LogP contribution in [-0.2, 0) is 14.3 Å². The van der Waals surface area contributed by atoms with Gasteiger partial charge in [0.1, 0.15) is 34.7 Å². The highest BCUT2D eigenvalue weighted by molar-refractivity contribution is 7.20. The summed E-state index contributed by atoms with van der Waals surface area (Å²) >= 11 is 1.09. The van der Waals surface area contributed by atoms with Gasteiger partial charge in [-0.3, -0.25) is 9.36 Å². The number of esters is 2. The Balaban J connectivity index is 1.73. The zero-order valence-corrected chi connectivity index (χ0v) is 19.3. The topological polar surface area (TPSA) is 96.7 Å². The van der Waals surface area contributed by atoms with Gasteiger partial charge in [-0.15, -0.1) is 11.3 Å². The van der Waals surface area contributed by atoms with E-state index in [1.807, 2.05) is 37.3 Å². The molecule has 0 aliphatic rings. The van der Waals surface area contributed by atoms with E-state index in [0.717, 1.165) is 11.3 Å². The molecule has 0 saturated heterocycles. The Hall–Kier alpha value is -3.20. The highest BCUT2D eigenvalue weighted by Gasteiger charge is 2.24. The van der Waals surface area contributed by atoms with Crippen LogP contribution in [0.15, 0.2) is 41.5 Å². The molecule has 0 aliphatic carbocycles. The van der Waals surface area contributed by atoms with Crippen LogP contribution < -0.4 is 10.3 Å². The van der Waals surface area contributed by atoms with Gasteiger partial charge in [-0.05, 0) is 44.9 Å². The van der Waals surface area contributed by atoms with Gasteiger partial charge in [0.15, 0.2) is 0 Å². The molecule has 0 fully saturated rings. The fraction of sp³-hybridized carbons (Fsp3) is 0.391. The monoisotopic (exact) mass is 458 g/mol. The van der Waals surface area contributed by atoms with Crippen LogP contribution in [0.1, 0.15) is 48.5 Å². The summed E-state index contributed by atoms with van der Waals surface area (Å²) in [4.78, 5) is 43.0. The second-order valence-corrected chi connectivity index (χ2v) is 8.32. The predicted molar refractivity (Wildman–Crippen MR) is 121 cm³/mol. The first-order valence-corrected chi connectivity index (χ1v) is 11.2. The molecule has 3 rings (SSSR count). The van der Waals surface area contributed by atoms with Gasteiger partial charge in [-0.25, -0.2) is 14.6 Å². The highest BCUT2D eigenvalue weighted by atomic mass is 32.1. The summed E-state index contributed by atoms with van der Waals surface area (Å²) in [5.41, 5.74) is 0.0807. The number of aromatic nitrogens is 2. The first-order valence-electron chi connectivity index (χ1n) is 10.4. The van der Waals surface area contributed by atoms with Gasteiger partial charge in [0, 0.05) is 0 Å². The van der Waals surface area contributed by atoms with E-state index >= 15 is 0 Å². The summed E-state index contributed by atoms with van der Waals surface area (Å²) in [6.45, 7) is 7.24. The molecule has 0 N–H and O–H groups in total. The Morgan fingerprint density at radius 1 is 1.16 bits per heavy atom. The molecule has 0 radical (unpaired) electrons. The molecule has 0 bridgehead atoms. The van der Waals surface area contributed by atoms with Crippen LogP contribution in [-0.4, -0.2) is 40.8 Å². The van der Waals surface area contributed by atoms with Crippen LogP contribution in [0.3, 0.4) is 0 Å². The Labute approximate surface area is 189 Å². The van der Waals surface area contributed by atoms with Gasteiger partial charge in [0.25, 0.3) is 5.56 Å². The van der Waals surface area contributed by atoms with Crippen molar-refractivity contribution in [3.05, 3.63) is 57.5 Å². The minimum absolute atomic E-state index is 0.0670. The molecule has 2 atom stereocenters. The number of carbonyl (C=O) groups is 2. The number of hydrogen-bond acceptors (Lipinski definition) is 8. The SMILES string of the molecule is CCC(C)OC(=O)C(C)n1cnc2sc(C(=O)OCCOc3ccccc3)c(C)c2c1=O. The van der Waals surface area contributed by atoms with Crippen LogP contribution in [0, 0.1) is 6.92 Å². The maximum atomic E-state index is 13.1. The lowest BCUT2D eigenvalue weighted by Gasteiger charge is -2.17. The third-order valence-electron chi connectivity index (χ3n) is 5.04. The first kappa shape index (κ1) is 23.5. The van der Waals surface area contributed by atoms with E-state index in [1.54, 1.807) is 20.8 Å². The van der Waals surface area contributed by atoms with E-state index in [4.69, 9.17) is 14.2 Å². The quantitative estimate of drug-likeness (QED) is 0.354. The van der Waals surface area contributed by atoms with Crippen LogP contribution in [0.5, 0.6) is 5.75 Å². The highest BCUT2D eigenvalue weighted by Crippen LogP contribution is 2.28. The van der Waals surface area contributed by atoms with Crippen molar-refractivity contribution in [1.82, 2.24) is 9.55 Å². The fourth-order valence-electron chi connectivity index (χ4n) is 2.98. The van der Waals surface area contributed by atoms with Crippen molar-refractivity contribution < 1.29 is 23.8 Å². The average Bonchev–Trinajstić information content (AvgIpc) is 3.14. The van der Waals surface area contributed by atoms with Crippen LogP contribution in [0.25, 0.3) is 10.2 Å². The molecule has 1 aromatic carbocycles. The van der Waals surface area contributed by atoms with E-state index in [2.05, 4.69) is 4.98 Å². The second-order valence-electron chi connectivity index (χ2n) is 7.32. The number of nitrogens with zero attached hydrogens (tertiary/aromatic N) is 2. The third-order valence-corrected chi connectivity index (χ3v) is 6.22. The van der Waals surface area contributed by atoms with Gasteiger partial charge < -0.3 is 14.2 Å². The lowest BCUT2D eigenvalue weighted by atomic mass is 10.2. The van der Waals surface area contributed by atoms with E-state index in [1.165, 1.54) is 10.9 Å². The zero-order chi connectivity index (χ0) is 23.3. The molecule has 8 nitrogen and oxygen atoms in total. The number of fused-ring (bicyclic) bond motifs is 1. The number of aryl methyl sites for hydroxylation is 1. The number of carbonyl (C=O) groups excluding carboxylic acids is 2. The lowest BCUT2D eigenvalue weighted by Crippen LogP contribution is -2.31. The average molecular weight is 459 g/mol. The molecule has 0 saturated carbocycles. The molecule has 2 aromatic heterocycles. The standard InChI is InChI=1S/C23H26N2O6S/c1-5-14(2)31-22(27)16(4)25-13-24-20-18(21(25)26)15(3)19(32-20)23(28)30-12-11-29-17-9-7-6-8-10-17/h6-10,13-14,16H,5,11-12H2,1-4H3. The van der Waals surface area contributed by atoms with Crippen molar-refractivity contribution in [3.63, 3.8) is 0 Å². The van der Waals surface area contributed by atoms with Crippen LogP contribution in [0.4, 0.5) is 0 Å². The molecule has 2 unspecified atom stereocenters. The summed E-state index contributed by atoms with van der Waals surface area (Å²) in [6.07, 6.45) is 1.75. The van der Waals surface area contributed by atoms with E-state index in [0.29, 0.717) is 32.8 Å². The maximum absolute atomic E-state index is 13.1. The Morgan fingerprint density at radius 3 is 2.56 bits per heavy atom. The molecule has 0 spiro atoms. The van der Waals surface area contributed by atoms with Crippen LogP contribution >= 0.6 is 11.3 Å². The Morgan fingerprint density at radius 2 is 1.88 bits per heavy atom. The molecule has 170 valence electrons. The van der Waals surface area contributed by atoms with Gasteiger partial charge in [-0.1, -0.05) is 25.1 Å². The van der Waals surface area contributed by atoms with Crippen LogP contribution in [0.2, 0.25) is 0 Å². The summed E-state index contributed by atoms with van der Waals surface area (Å²) in [5, 5.41) is 0.299. The first-order chi connectivity index (χ1) is 15.3. The number of hydrogen-bond donors (Lipinski definition) is 0. The minimum atomic E-state index is -0.835. The lowest BCUT2D eigenvalue weighted by molar-refractivity contribution is -0.152. The second kappa shape index (κ2) is 10.4. The molecule has 0 aliphatic heterocycles. The zero-order valence-electron chi connectivity index (χ0n) is 18.5. The van der Waals surface area contributed by atoms with Crippen molar-refractivity contribution in [2.75, 3.05) is 13.2 Å². The number of ether oxygens (including phenoxy) is 3. The Kier molecular flexibility index (Phi) is 7.63. The Bertz CT molecular complexity index is 1150. The van der Waals surface area contributed by atoms with E-state index in [-0.39, 0.29) is 19.3 Å². The molecule has 3 aromatic rings. The summed E-state index contributed by atoms with van der Waals surface area (Å²) in [7, 11) is 0. The van der Waals surface area contributed by atoms with Crippen molar-refractivity contribution in [2.24, 2.45) is 0 Å². The molecule has 2 heterocycles. The summed E-state index contributed by atoms with van der Waals surface area (Å²) < 4.78 is 17.4. The van der Waals surface area contributed by atoms with Crippen molar-refractivity contribution in [3.8, 4) is 5.75 Å². The minimum Gasteiger partial charge on any atom is -0.490 e. The van der Waals surface area contributed by atoms with Gasteiger partial charge >= 0.3 is 11.9 Å². The molecular weight excluding hydrogens is 432 g/mol. The fourth-order valence-corrected chi connectivity index (χ4v) is 4.01. The number of rotatable bonds is 9. The van der Waals surface area contributed by atoms with Crippen molar-refractivity contribution in [1.29, 1.82) is 0 Å². The van der Waals surface area contributed by atoms with Crippen molar-refractivity contribution in [2.45, 2.75) is 46.3 Å². The van der Waals surface area contributed by atoms with Gasteiger partial charge in [-0.2, -0.15) is 0 Å². The summed E-state index contributed by atoms with van der Waals surface area (Å²) in [6, 6.07) is 8.38. The van der Waals surface area contributed by atoms with Gasteiger partial charge in [0.2, 0.25) is 0 Å². The normalized spacial score (nSPS) is 12.9. The smallest absolute Gasteiger partial charge is 0.348 e. The number of benzene rings is 1. The van der Waals surface area contributed by atoms with Crippen molar-refractivity contribution >= 4 is 33.5 Å². The maximum Gasteiger partial charge on any atom is 0.348 e. The largest absolute Gasteiger partial charge is 0.490 e.